The summed E-state index contributed by atoms with van der Waals surface area (Å²) in [7, 11) is 2.11. The van der Waals surface area contributed by atoms with Gasteiger partial charge in [-0.1, -0.05) is 13.8 Å². The molecule has 0 amide bonds. The van der Waals surface area contributed by atoms with E-state index in [1.807, 2.05) is 19.1 Å². The van der Waals surface area contributed by atoms with Crippen molar-refractivity contribution in [2.45, 2.75) is 46.3 Å². The third kappa shape index (κ3) is 3.83. The van der Waals surface area contributed by atoms with Crippen LogP contribution in [0.3, 0.4) is 0 Å². The second-order valence-electron chi connectivity index (χ2n) is 6.49. The second kappa shape index (κ2) is 6.10. The summed E-state index contributed by atoms with van der Waals surface area (Å²) in [5.74, 6) is 3.60. The standard InChI is InChI=1S/C16H27NO2/c1-11-7-12(2)15(16(18)8-11)10-17(4)9-14-6-5-13(3)19-14/h5-6,11-12,15-16,18H,7-10H2,1-4H3. The van der Waals surface area contributed by atoms with Gasteiger partial charge in [-0.15, -0.1) is 0 Å². The van der Waals surface area contributed by atoms with Crippen LogP contribution in [0.15, 0.2) is 16.5 Å². The van der Waals surface area contributed by atoms with Gasteiger partial charge < -0.3 is 9.52 Å². The van der Waals surface area contributed by atoms with Crippen LogP contribution in [0.5, 0.6) is 0 Å². The number of hydrogen-bond donors (Lipinski definition) is 1. The molecule has 3 heteroatoms. The maximum atomic E-state index is 10.3. The zero-order valence-electron chi connectivity index (χ0n) is 12.6. The fourth-order valence-electron chi connectivity index (χ4n) is 3.43. The van der Waals surface area contributed by atoms with E-state index >= 15 is 0 Å². The lowest BCUT2D eigenvalue weighted by Gasteiger charge is -2.38. The Labute approximate surface area is 116 Å². The Morgan fingerprint density at radius 2 is 2.05 bits per heavy atom. The predicted octanol–water partition coefficient (Wildman–Crippen LogP) is 3.06. The Morgan fingerprint density at radius 3 is 2.63 bits per heavy atom. The number of aliphatic hydroxyl groups is 1. The summed E-state index contributed by atoms with van der Waals surface area (Å²) >= 11 is 0. The topological polar surface area (TPSA) is 36.6 Å². The highest BCUT2D eigenvalue weighted by molar-refractivity contribution is 5.05. The van der Waals surface area contributed by atoms with Crippen LogP contribution in [0.1, 0.15) is 38.2 Å². The fraction of sp³-hybridized carbons (Fsp3) is 0.750. The van der Waals surface area contributed by atoms with Gasteiger partial charge in [0.15, 0.2) is 0 Å². The van der Waals surface area contributed by atoms with E-state index in [4.69, 9.17) is 4.42 Å². The summed E-state index contributed by atoms with van der Waals surface area (Å²) in [5.41, 5.74) is 0. The van der Waals surface area contributed by atoms with Gasteiger partial charge in [0, 0.05) is 12.5 Å². The minimum Gasteiger partial charge on any atom is -0.465 e. The second-order valence-corrected chi connectivity index (χ2v) is 6.49. The molecular formula is C16H27NO2. The van der Waals surface area contributed by atoms with Crippen LogP contribution < -0.4 is 0 Å². The molecule has 1 N–H and O–H groups in total. The van der Waals surface area contributed by atoms with Gasteiger partial charge in [-0.3, -0.25) is 4.90 Å². The molecule has 4 atom stereocenters. The van der Waals surface area contributed by atoms with Crippen molar-refractivity contribution in [3.05, 3.63) is 23.7 Å². The van der Waals surface area contributed by atoms with Crippen molar-refractivity contribution in [1.82, 2.24) is 4.90 Å². The normalized spacial score (nSPS) is 31.9. The van der Waals surface area contributed by atoms with Crippen molar-refractivity contribution < 1.29 is 9.52 Å². The van der Waals surface area contributed by atoms with Gasteiger partial charge in [-0.2, -0.15) is 0 Å². The molecule has 1 heterocycles. The quantitative estimate of drug-likeness (QED) is 0.909. The average molecular weight is 265 g/mol. The molecule has 3 nitrogen and oxygen atoms in total. The molecule has 19 heavy (non-hydrogen) atoms. The van der Waals surface area contributed by atoms with Crippen LogP contribution in [0.4, 0.5) is 0 Å². The zero-order chi connectivity index (χ0) is 14.0. The van der Waals surface area contributed by atoms with Crippen LogP contribution in [0.2, 0.25) is 0 Å². The molecule has 1 aromatic heterocycles. The fourth-order valence-corrected chi connectivity index (χ4v) is 3.43. The van der Waals surface area contributed by atoms with Gasteiger partial charge in [-0.05, 0) is 50.8 Å². The van der Waals surface area contributed by atoms with Crippen LogP contribution in [-0.2, 0) is 6.54 Å². The first-order valence-corrected chi connectivity index (χ1v) is 7.37. The van der Waals surface area contributed by atoms with E-state index in [0.717, 1.165) is 31.0 Å². The van der Waals surface area contributed by atoms with Crippen LogP contribution in [-0.4, -0.2) is 29.7 Å². The third-order valence-corrected chi connectivity index (χ3v) is 4.39. The van der Waals surface area contributed by atoms with Crippen LogP contribution in [0.25, 0.3) is 0 Å². The molecule has 1 aromatic rings. The lowest BCUT2D eigenvalue weighted by molar-refractivity contribution is -0.000154. The largest absolute Gasteiger partial charge is 0.465 e. The molecule has 1 fully saturated rings. The van der Waals surface area contributed by atoms with Gasteiger partial charge in [0.25, 0.3) is 0 Å². The van der Waals surface area contributed by atoms with E-state index in [2.05, 4.69) is 25.8 Å². The van der Waals surface area contributed by atoms with Crippen molar-refractivity contribution in [3.63, 3.8) is 0 Å². The molecular weight excluding hydrogens is 238 g/mol. The lowest BCUT2D eigenvalue weighted by atomic mass is 9.73. The molecule has 108 valence electrons. The summed E-state index contributed by atoms with van der Waals surface area (Å²) in [6.07, 6.45) is 2.03. The first-order valence-electron chi connectivity index (χ1n) is 7.37. The minimum atomic E-state index is -0.153. The van der Waals surface area contributed by atoms with E-state index in [1.165, 1.54) is 6.42 Å². The number of hydrogen-bond acceptors (Lipinski definition) is 3. The lowest BCUT2D eigenvalue weighted by Crippen LogP contribution is -2.41. The molecule has 2 rings (SSSR count). The number of furan rings is 1. The monoisotopic (exact) mass is 265 g/mol. The molecule has 0 aliphatic heterocycles. The molecule has 0 spiro atoms. The van der Waals surface area contributed by atoms with Crippen molar-refractivity contribution in [2.75, 3.05) is 13.6 Å². The average Bonchev–Trinajstić information content (AvgIpc) is 2.69. The maximum absolute atomic E-state index is 10.3. The van der Waals surface area contributed by atoms with E-state index in [1.54, 1.807) is 0 Å². The van der Waals surface area contributed by atoms with Gasteiger partial charge in [-0.25, -0.2) is 0 Å². The number of aliphatic hydroxyl groups excluding tert-OH is 1. The number of rotatable bonds is 4. The van der Waals surface area contributed by atoms with Crippen molar-refractivity contribution in [1.29, 1.82) is 0 Å². The Bertz CT molecular complexity index is 389. The molecule has 0 radical (unpaired) electrons. The summed E-state index contributed by atoms with van der Waals surface area (Å²) in [4.78, 5) is 2.26. The first kappa shape index (κ1) is 14.6. The highest BCUT2D eigenvalue weighted by Gasteiger charge is 2.33. The van der Waals surface area contributed by atoms with E-state index in [9.17, 15) is 5.11 Å². The molecule has 0 bridgehead atoms. The number of aryl methyl sites for hydroxylation is 1. The highest BCUT2D eigenvalue weighted by Crippen LogP contribution is 2.34. The first-order chi connectivity index (χ1) is 8.95. The molecule has 0 aromatic carbocycles. The van der Waals surface area contributed by atoms with Gasteiger partial charge in [0.05, 0.1) is 12.6 Å². The summed E-state index contributed by atoms with van der Waals surface area (Å²) in [5, 5.41) is 10.3. The Balaban J connectivity index is 1.89. The van der Waals surface area contributed by atoms with Crippen molar-refractivity contribution >= 4 is 0 Å². The third-order valence-electron chi connectivity index (χ3n) is 4.39. The zero-order valence-corrected chi connectivity index (χ0v) is 12.6. The van der Waals surface area contributed by atoms with Crippen molar-refractivity contribution in [3.8, 4) is 0 Å². The molecule has 4 unspecified atom stereocenters. The van der Waals surface area contributed by atoms with E-state index in [0.29, 0.717) is 17.8 Å². The number of nitrogens with zero attached hydrogens (tertiary/aromatic N) is 1. The highest BCUT2D eigenvalue weighted by atomic mass is 16.3. The molecule has 0 saturated heterocycles. The Hall–Kier alpha value is -0.800. The van der Waals surface area contributed by atoms with E-state index < -0.39 is 0 Å². The summed E-state index contributed by atoms with van der Waals surface area (Å²) in [6.45, 7) is 8.24. The summed E-state index contributed by atoms with van der Waals surface area (Å²) in [6, 6.07) is 4.04. The molecule has 1 saturated carbocycles. The summed E-state index contributed by atoms with van der Waals surface area (Å²) < 4.78 is 5.61. The Kier molecular flexibility index (Phi) is 4.69. The van der Waals surface area contributed by atoms with Gasteiger partial charge in [0.2, 0.25) is 0 Å². The van der Waals surface area contributed by atoms with Crippen LogP contribution >= 0.6 is 0 Å². The maximum Gasteiger partial charge on any atom is 0.118 e. The van der Waals surface area contributed by atoms with Gasteiger partial charge in [0.1, 0.15) is 11.5 Å². The van der Waals surface area contributed by atoms with E-state index in [-0.39, 0.29) is 6.10 Å². The van der Waals surface area contributed by atoms with Gasteiger partial charge >= 0.3 is 0 Å². The Morgan fingerprint density at radius 1 is 1.32 bits per heavy atom. The smallest absolute Gasteiger partial charge is 0.118 e. The predicted molar refractivity (Wildman–Crippen MR) is 76.8 cm³/mol. The SMILES string of the molecule is Cc1ccc(CN(C)CC2C(C)CC(C)CC2O)o1. The molecule has 1 aliphatic carbocycles. The molecule has 1 aliphatic rings. The van der Waals surface area contributed by atoms with Crippen molar-refractivity contribution in [2.24, 2.45) is 17.8 Å². The minimum absolute atomic E-state index is 0.153. The van der Waals surface area contributed by atoms with Crippen LogP contribution in [0, 0.1) is 24.7 Å².